The number of hydrogen-bond acceptors (Lipinski definition) is 5. The van der Waals surface area contributed by atoms with E-state index in [1.165, 1.54) is 0 Å². The molecular formula is C25H21BrClN3O3S. The van der Waals surface area contributed by atoms with Crippen LogP contribution >= 0.6 is 39.7 Å². The fourth-order valence-corrected chi connectivity index (χ4v) is 3.93. The molecule has 0 fully saturated rings. The Morgan fingerprint density at radius 1 is 1.15 bits per heavy atom. The third-order valence-electron chi connectivity index (χ3n) is 4.91. The Morgan fingerprint density at radius 2 is 1.94 bits per heavy atom. The summed E-state index contributed by atoms with van der Waals surface area (Å²) in [6.07, 6.45) is 2.05. The van der Waals surface area contributed by atoms with E-state index >= 15 is 0 Å². The van der Waals surface area contributed by atoms with E-state index in [1.807, 2.05) is 12.1 Å². The highest BCUT2D eigenvalue weighted by molar-refractivity contribution is 9.10. The lowest BCUT2D eigenvalue weighted by molar-refractivity contribution is 0.0977. The minimum absolute atomic E-state index is 0.173. The number of fused-ring (bicyclic) bond motifs is 1. The maximum atomic E-state index is 12.5. The second-order valence-corrected chi connectivity index (χ2v) is 9.19. The Morgan fingerprint density at radius 3 is 2.71 bits per heavy atom. The van der Waals surface area contributed by atoms with Crippen molar-refractivity contribution in [2.45, 2.75) is 19.8 Å². The van der Waals surface area contributed by atoms with Crippen molar-refractivity contribution in [1.82, 2.24) is 10.3 Å². The van der Waals surface area contributed by atoms with Crippen LogP contribution in [0.3, 0.4) is 0 Å². The van der Waals surface area contributed by atoms with E-state index in [0.29, 0.717) is 45.4 Å². The zero-order valence-electron chi connectivity index (χ0n) is 18.2. The summed E-state index contributed by atoms with van der Waals surface area (Å²) in [5.74, 6) is 0.832. The third-order valence-corrected chi connectivity index (χ3v) is 5.94. The van der Waals surface area contributed by atoms with Crippen molar-refractivity contribution in [2.75, 3.05) is 11.9 Å². The molecule has 174 valence electrons. The number of oxazole rings is 1. The van der Waals surface area contributed by atoms with Crippen LogP contribution in [0.5, 0.6) is 5.75 Å². The second-order valence-electron chi connectivity index (χ2n) is 7.46. The lowest BCUT2D eigenvalue weighted by atomic mass is 10.2. The predicted octanol–water partition coefficient (Wildman–Crippen LogP) is 7.22. The minimum Gasteiger partial charge on any atom is -0.494 e. The number of halogens is 2. The minimum atomic E-state index is -0.313. The van der Waals surface area contributed by atoms with Gasteiger partial charge in [-0.25, -0.2) is 4.98 Å². The molecule has 4 rings (SSSR count). The highest BCUT2D eigenvalue weighted by atomic mass is 79.9. The van der Waals surface area contributed by atoms with Gasteiger partial charge in [0.1, 0.15) is 11.3 Å². The van der Waals surface area contributed by atoms with E-state index in [9.17, 15) is 4.79 Å². The second kappa shape index (κ2) is 11.0. The van der Waals surface area contributed by atoms with Gasteiger partial charge in [0.25, 0.3) is 5.91 Å². The first-order valence-electron chi connectivity index (χ1n) is 10.6. The molecule has 4 aromatic rings. The van der Waals surface area contributed by atoms with Crippen LogP contribution in [0, 0.1) is 0 Å². The van der Waals surface area contributed by atoms with Crippen LogP contribution in [0.1, 0.15) is 30.1 Å². The molecule has 0 atom stereocenters. The van der Waals surface area contributed by atoms with E-state index in [0.717, 1.165) is 23.1 Å². The molecule has 0 saturated carbocycles. The van der Waals surface area contributed by atoms with Crippen molar-refractivity contribution in [2.24, 2.45) is 0 Å². The molecule has 1 heterocycles. The molecule has 6 nitrogen and oxygen atoms in total. The number of carbonyl (C=O) groups is 1. The number of carbonyl (C=O) groups excluding carboxylic acids is 1. The van der Waals surface area contributed by atoms with Gasteiger partial charge in [-0.1, -0.05) is 40.9 Å². The van der Waals surface area contributed by atoms with E-state index < -0.39 is 0 Å². The molecule has 0 spiro atoms. The Kier molecular flexibility index (Phi) is 7.82. The Bertz CT molecular complexity index is 1340. The summed E-state index contributed by atoms with van der Waals surface area (Å²) in [4.78, 5) is 17.1. The normalized spacial score (nSPS) is 10.8. The standard InChI is InChI=1S/C25H21BrClN3O3S/c1-2-3-12-32-18-8-4-15(5-9-18)23(31)30-25(34)28-17-7-11-22-21(14-17)29-24(33-22)19-13-16(26)6-10-20(19)27/h4-11,13-14H,2-3,12H2,1H3,(H2,28,30,31,34). The number of ether oxygens (including phenoxy) is 1. The van der Waals surface area contributed by atoms with Crippen molar-refractivity contribution in [3.8, 4) is 17.2 Å². The molecule has 9 heteroatoms. The first-order chi connectivity index (χ1) is 16.4. The predicted molar refractivity (Wildman–Crippen MR) is 143 cm³/mol. The molecule has 0 aliphatic rings. The third kappa shape index (κ3) is 5.94. The van der Waals surface area contributed by atoms with Crippen LogP contribution in [-0.4, -0.2) is 22.6 Å². The summed E-state index contributed by atoms with van der Waals surface area (Å²) in [7, 11) is 0. The van der Waals surface area contributed by atoms with Gasteiger partial charge in [-0.3, -0.25) is 10.1 Å². The quantitative estimate of drug-likeness (QED) is 0.184. The van der Waals surface area contributed by atoms with Gasteiger partial charge >= 0.3 is 0 Å². The van der Waals surface area contributed by atoms with E-state index in [2.05, 4.69) is 38.5 Å². The van der Waals surface area contributed by atoms with Crippen molar-refractivity contribution in [3.05, 3.63) is 75.7 Å². The molecule has 0 unspecified atom stereocenters. The van der Waals surface area contributed by atoms with E-state index in [4.69, 9.17) is 33.0 Å². The summed E-state index contributed by atoms with van der Waals surface area (Å²) in [5.41, 5.74) is 3.06. The SMILES string of the molecule is CCCCOc1ccc(C(=O)NC(=S)Nc2ccc3oc(-c4cc(Br)ccc4Cl)nc3c2)cc1. The fraction of sp³-hybridized carbons (Fsp3) is 0.160. The Balaban J connectivity index is 1.40. The average molecular weight is 559 g/mol. The number of aromatic nitrogens is 1. The molecular weight excluding hydrogens is 538 g/mol. The summed E-state index contributed by atoms with van der Waals surface area (Å²) < 4.78 is 12.4. The smallest absolute Gasteiger partial charge is 0.257 e. The molecule has 0 aliphatic carbocycles. The number of amides is 1. The molecule has 2 N–H and O–H groups in total. The zero-order chi connectivity index (χ0) is 24.1. The zero-order valence-corrected chi connectivity index (χ0v) is 21.4. The van der Waals surface area contributed by atoms with Crippen LogP contribution in [0.15, 0.2) is 69.6 Å². The molecule has 0 radical (unpaired) electrons. The number of hydrogen-bond donors (Lipinski definition) is 2. The van der Waals surface area contributed by atoms with Crippen LogP contribution in [0.4, 0.5) is 5.69 Å². The van der Waals surface area contributed by atoms with Crippen LogP contribution < -0.4 is 15.4 Å². The van der Waals surface area contributed by atoms with E-state index in [-0.39, 0.29) is 11.0 Å². The lowest BCUT2D eigenvalue weighted by Gasteiger charge is -2.10. The van der Waals surface area contributed by atoms with Gasteiger partial charge in [0.05, 0.1) is 17.2 Å². The van der Waals surface area contributed by atoms with Crippen molar-refractivity contribution < 1.29 is 13.9 Å². The number of unbranched alkanes of at least 4 members (excludes halogenated alkanes) is 1. The molecule has 0 bridgehead atoms. The number of benzene rings is 3. The number of nitrogens with one attached hydrogen (secondary N) is 2. The van der Waals surface area contributed by atoms with Gasteiger partial charge in [-0.2, -0.15) is 0 Å². The number of rotatable bonds is 7. The maximum absolute atomic E-state index is 12.5. The highest BCUT2D eigenvalue weighted by Crippen LogP contribution is 2.33. The summed E-state index contributed by atoms with van der Waals surface area (Å²) in [6, 6.07) is 17.8. The van der Waals surface area contributed by atoms with E-state index in [1.54, 1.807) is 48.5 Å². The first-order valence-corrected chi connectivity index (χ1v) is 12.2. The topological polar surface area (TPSA) is 76.4 Å². The van der Waals surface area contributed by atoms with Crippen molar-refractivity contribution >= 4 is 67.6 Å². The number of thiocarbonyl (C=S) groups is 1. The molecule has 3 aromatic carbocycles. The van der Waals surface area contributed by atoms with Crippen molar-refractivity contribution in [3.63, 3.8) is 0 Å². The number of anilines is 1. The highest BCUT2D eigenvalue weighted by Gasteiger charge is 2.14. The molecule has 1 amide bonds. The first kappa shape index (κ1) is 24.2. The summed E-state index contributed by atoms with van der Waals surface area (Å²) in [6.45, 7) is 2.76. The molecule has 34 heavy (non-hydrogen) atoms. The fourth-order valence-electron chi connectivity index (χ4n) is 3.16. The summed E-state index contributed by atoms with van der Waals surface area (Å²) >= 11 is 15.0. The monoisotopic (exact) mass is 557 g/mol. The summed E-state index contributed by atoms with van der Waals surface area (Å²) in [5, 5.41) is 6.40. The Hall–Kier alpha value is -2.94. The van der Waals surface area contributed by atoms with Gasteiger partial charge in [-0.15, -0.1) is 0 Å². The van der Waals surface area contributed by atoms with Crippen LogP contribution in [0.2, 0.25) is 5.02 Å². The molecule has 0 aliphatic heterocycles. The van der Waals surface area contributed by atoms with Gasteiger partial charge in [0.2, 0.25) is 5.89 Å². The molecule has 1 aromatic heterocycles. The van der Waals surface area contributed by atoms with Crippen LogP contribution in [-0.2, 0) is 0 Å². The van der Waals surface area contributed by atoms with Gasteiger partial charge in [0.15, 0.2) is 10.7 Å². The number of nitrogens with zero attached hydrogens (tertiary/aromatic N) is 1. The van der Waals surface area contributed by atoms with Crippen LogP contribution in [0.25, 0.3) is 22.6 Å². The lowest BCUT2D eigenvalue weighted by Crippen LogP contribution is -2.34. The van der Waals surface area contributed by atoms with Crippen molar-refractivity contribution in [1.29, 1.82) is 0 Å². The van der Waals surface area contributed by atoms with Gasteiger partial charge < -0.3 is 14.5 Å². The molecule has 0 saturated heterocycles. The Labute approximate surface area is 215 Å². The largest absolute Gasteiger partial charge is 0.494 e. The maximum Gasteiger partial charge on any atom is 0.257 e. The average Bonchev–Trinajstić information content (AvgIpc) is 3.24. The van der Waals surface area contributed by atoms with Gasteiger partial charge in [0, 0.05) is 15.7 Å². The van der Waals surface area contributed by atoms with Gasteiger partial charge in [-0.05, 0) is 79.3 Å².